The summed E-state index contributed by atoms with van der Waals surface area (Å²) in [6, 6.07) is 15.3. The van der Waals surface area contributed by atoms with Crippen LogP contribution in [0.3, 0.4) is 0 Å². The van der Waals surface area contributed by atoms with Gasteiger partial charge < -0.3 is 10.1 Å². The number of rotatable bonds is 5. The number of amides is 1. The van der Waals surface area contributed by atoms with Gasteiger partial charge >= 0.3 is 0 Å². The molecule has 1 aliphatic rings. The van der Waals surface area contributed by atoms with Gasteiger partial charge in [-0.3, -0.25) is 4.79 Å². The molecule has 3 aromatic rings. The molecule has 1 heterocycles. The van der Waals surface area contributed by atoms with Crippen molar-refractivity contribution in [3.8, 4) is 5.75 Å². The molecule has 148 valence electrons. The van der Waals surface area contributed by atoms with E-state index in [0.29, 0.717) is 5.56 Å². The summed E-state index contributed by atoms with van der Waals surface area (Å²) >= 11 is 5.19. The van der Waals surface area contributed by atoms with Crippen molar-refractivity contribution >= 4 is 50.1 Å². The Morgan fingerprint density at radius 3 is 2.76 bits per heavy atom. The number of fused-ring (bicyclic) bond motifs is 1. The van der Waals surface area contributed by atoms with E-state index >= 15 is 0 Å². The van der Waals surface area contributed by atoms with Gasteiger partial charge in [-0.1, -0.05) is 34.1 Å². The zero-order chi connectivity index (χ0) is 20.2. The number of aryl methyl sites for hydroxylation is 1. The number of nitrogens with zero attached hydrogens (tertiary/aromatic N) is 1. The molecule has 2 aromatic carbocycles. The molecule has 0 unspecified atom stereocenters. The average molecular weight is 469 g/mol. The van der Waals surface area contributed by atoms with Crippen LogP contribution in [0.5, 0.6) is 5.75 Å². The van der Waals surface area contributed by atoms with Crippen LogP contribution in [0.15, 0.2) is 58.0 Å². The van der Waals surface area contributed by atoms with Crippen molar-refractivity contribution in [2.45, 2.75) is 25.7 Å². The maximum absolute atomic E-state index is 13.1. The zero-order valence-corrected chi connectivity index (χ0v) is 18.5. The van der Waals surface area contributed by atoms with E-state index in [9.17, 15) is 4.79 Å². The summed E-state index contributed by atoms with van der Waals surface area (Å²) in [5, 5.41) is 3.79. The molecule has 4 nitrogen and oxygen atoms in total. The first-order valence-electron chi connectivity index (χ1n) is 9.54. The van der Waals surface area contributed by atoms with Crippen molar-refractivity contribution < 1.29 is 9.53 Å². The average Bonchev–Trinajstić information content (AvgIpc) is 3.12. The SMILES string of the molecule is COc1ccc(Br)c(C=Nc2sc3c(c2C(=O)Nc2ccccc2)CCCC3)c1. The van der Waals surface area contributed by atoms with Gasteiger partial charge in [0.15, 0.2) is 0 Å². The first kappa shape index (κ1) is 19.9. The van der Waals surface area contributed by atoms with Gasteiger partial charge in [-0.05, 0) is 61.6 Å². The Morgan fingerprint density at radius 1 is 1.17 bits per heavy atom. The van der Waals surface area contributed by atoms with Crippen LogP contribution in [-0.4, -0.2) is 19.2 Å². The second kappa shape index (κ2) is 8.93. The number of carbonyl (C=O) groups is 1. The number of ether oxygens (including phenoxy) is 1. The lowest BCUT2D eigenvalue weighted by Crippen LogP contribution is -2.14. The summed E-state index contributed by atoms with van der Waals surface area (Å²) in [6.45, 7) is 0. The summed E-state index contributed by atoms with van der Waals surface area (Å²) in [5.41, 5.74) is 3.57. The highest BCUT2D eigenvalue weighted by Crippen LogP contribution is 2.40. The molecule has 6 heteroatoms. The van der Waals surface area contributed by atoms with Crippen LogP contribution in [0.25, 0.3) is 0 Å². The monoisotopic (exact) mass is 468 g/mol. The molecule has 1 aromatic heterocycles. The lowest BCUT2D eigenvalue weighted by molar-refractivity contribution is 0.102. The Kier molecular flexibility index (Phi) is 6.11. The molecule has 0 saturated heterocycles. The molecular weight excluding hydrogens is 448 g/mol. The highest BCUT2D eigenvalue weighted by molar-refractivity contribution is 9.10. The number of benzene rings is 2. The minimum absolute atomic E-state index is 0.0903. The minimum atomic E-state index is -0.0903. The van der Waals surface area contributed by atoms with E-state index in [2.05, 4.69) is 21.2 Å². The van der Waals surface area contributed by atoms with Crippen LogP contribution in [0.4, 0.5) is 10.7 Å². The predicted molar refractivity (Wildman–Crippen MR) is 123 cm³/mol. The van der Waals surface area contributed by atoms with E-state index in [1.807, 2.05) is 48.5 Å². The maximum Gasteiger partial charge on any atom is 0.259 e. The Morgan fingerprint density at radius 2 is 1.97 bits per heavy atom. The van der Waals surface area contributed by atoms with E-state index in [1.165, 1.54) is 4.88 Å². The largest absolute Gasteiger partial charge is 0.497 e. The Balaban J connectivity index is 1.70. The first-order valence-corrected chi connectivity index (χ1v) is 11.1. The van der Waals surface area contributed by atoms with Gasteiger partial charge in [0.05, 0.1) is 12.7 Å². The number of carbonyl (C=O) groups excluding carboxylic acids is 1. The quantitative estimate of drug-likeness (QED) is 0.440. The normalized spacial score (nSPS) is 13.3. The number of para-hydroxylation sites is 1. The minimum Gasteiger partial charge on any atom is -0.497 e. The van der Waals surface area contributed by atoms with Gasteiger partial charge in [0.2, 0.25) is 0 Å². The zero-order valence-electron chi connectivity index (χ0n) is 16.1. The van der Waals surface area contributed by atoms with E-state index in [4.69, 9.17) is 9.73 Å². The van der Waals surface area contributed by atoms with Crippen LogP contribution < -0.4 is 10.1 Å². The Bertz CT molecular complexity index is 1060. The fraction of sp³-hybridized carbons (Fsp3) is 0.217. The first-order chi connectivity index (χ1) is 14.2. The van der Waals surface area contributed by atoms with Gasteiger partial charge in [-0.15, -0.1) is 11.3 Å². The molecule has 0 spiro atoms. The highest BCUT2D eigenvalue weighted by atomic mass is 79.9. The summed E-state index contributed by atoms with van der Waals surface area (Å²) in [7, 11) is 1.64. The van der Waals surface area contributed by atoms with Gasteiger partial charge in [-0.2, -0.15) is 0 Å². The Labute approximate surface area is 182 Å². The Hall–Kier alpha value is -2.44. The number of thiophene rings is 1. The molecule has 29 heavy (non-hydrogen) atoms. The lowest BCUT2D eigenvalue weighted by Gasteiger charge is -2.12. The number of methoxy groups -OCH3 is 1. The summed E-state index contributed by atoms with van der Waals surface area (Å²) < 4.78 is 6.24. The van der Waals surface area contributed by atoms with Crippen LogP contribution in [0.1, 0.15) is 39.2 Å². The fourth-order valence-corrected chi connectivity index (χ4v) is 5.05. The molecule has 0 saturated carbocycles. The van der Waals surface area contributed by atoms with Gasteiger partial charge in [0.25, 0.3) is 5.91 Å². The highest BCUT2D eigenvalue weighted by Gasteiger charge is 2.25. The molecule has 0 fully saturated rings. The third-order valence-electron chi connectivity index (χ3n) is 4.94. The molecule has 1 N–H and O–H groups in total. The van der Waals surface area contributed by atoms with Crippen molar-refractivity contribution in [1.82, 2.24) is 0 Å². The van der Waals surface area contributed by atoms with E-state index < -0.39 is 0 Å². The van der Waals surface area contributed by atoms with Crippen LogP contribution in [0, 0.1) is 0 Å². The summed E-state index contributed by atoms with van der Waals surface area (Å²) in [6.07, 6.45) is 6.02. The third kappa shape index (κ3) is 4.43. The number of aliphatic imine (C=N–C) groups is 1. The second-order valence-corrected chi connectivity index (χ2v) is 8.79. The number of hydrogen-bond acceptors (Lipinski definition) is 4. The topological polar surface area (TPSA) is 50.7 Å². The number of halogens is 1. The third-order valence-corrected chi connectivity index (χ3v) is 6.86. The lowest BCUT2D eigenvalue weighted by atomic mass is 9.95. The van der Waals surface area contributed by atoms with E-state index in [1.54, 1.807) is 24.7 Å². The fourth-order valence-electron chi connectivity index (χ4n) is 3.47. The molecule has 4 rings (SSSR count). The molecule has 0 bridgehead atoms. The van der Waals surface area contributed by atoms with Gasteiger partial charge in [-0.25, -0.2) is 4.99 Å². The smallest absolute Gasteiger partial charge is 0.259 e. The van der Waals surface area contributed by atoms with Crippen molar-refractivity contribution in [2.24, 2.45) is 4.99 Å². The van der Waals surface area contributed by atoms with E-state index in [0.717, 1.165) is 57.7 Å². The number of anilines is 1. The molecular formula is C23H21BrN2O2S. The molecule has 0 aliphatic heterocycles. The molecule has 1 amide bonds. The number of nitrogens with one attached hydrogen (secondary N) is 1. The van der Waals surface area contributed by atoms with Crippen molar-refractivity contribution in [3.05, 3.63) is 74.6 Å². The molecule has 0 radical (unpaired) electrons. The summed E-state index contributed by atoms with van der Waals surface area (Å²) in [4.78, 5) is 19.2. The molecule has 1 aliphatic carbocycles. The van der Waals surface area contributed by atoms with Crippen molar-refractivity contribution in [3.63, 3.8) is 0 Å². The predicted octanol–water partition coefficient (Wildman–Crippen LogP) is 6.40. The van der Waals surface area contributed by atoms with Gasteiger partial charge in [0.1, 0.15) is 10.8 Å². The van der Waals surface area contributed by atoms with Crippen molar-refractivity contribution in [1.29, 1.82) is 0 Å². The van der Waals surface area contributed by atoms with Gasteiger partial charge in [0, 0.05) is 26.8 Å². The van der Waals surface area contributed by atoms with Crippen LogP contribution in [-0.2, 0) is 12.8 Å². The second-order valence-electron chi connectivity index (χ2n) is 6.86. The maximum atomic E-state index is 13.1. The van der Waals surface area contributed by atoms with Crippen LogP contribution >= 0.6 is 27.3 Å². The van der Waals surface area contributed by atoms with Crippen LogP contribution in [0.2, 0.25) is 0 Å². The van der Waals surface area contributed by atoms with Crippen molar-refractivity contribution in [2.75, 3.05) is 12.4 Å². The molecule has 0 atom stereocenters. The van der Waals surface area contributed by atoms with E-state index in [-0.39, 0.29) is 5.91 Å². The summed E-state index contributed by atoms with van der Waals surface area (Å²) in [5.74, 6) is 0.676. The standard InChI is InChI=1S/C23H21BrN2O2S/c1-28-17-11-12-19(24)15(13-17)14-25-23-21(18-9-5-6-10-20(18)29-23)22(27)26-16-7-3-2-4-8-16/h2-4,7-8,11-14H,5-6,9-10H2,1H3,(H,26,27). The number of hydrogen-bond donors (Lipinski definition) is 1.